The molecule has 1 saturated heterocycles. The van der Waals surface area contributed by atoms with E-state index in [0.717, 1.165) is 0 Å². The molecule has 0 saturated carbocycles. The summed E-state index contributed by atoms with van der Waals surface area (Å²) in [4.78, 5) is 27.8. The number of alkyl halides is 3. The Labute approximate surface area is 247 Å². The van der Waals surface area contributed by atoms with Gasteiger partial charge in [-0.1, -0.05) is 11.6 Å². The maximum atomic E-state index is 15.1. The van der Waals surface area contributed by atoms with Gasteiger partial charge in [0.2, 0.25) is 5.91 Å². The molecule has 2 aromatic rings. The van der Waals surface area contributed by atoms with E-state index in [1.54, 1.807) is 9.80 Å². The Bertz CT molecular complexity index is 1460. The van der Waals surface area contributed by atoms with Crippen molar-refractivity contribution in [2.24, 2.45) is 5.73 Å². The third kappa shape index (κ3) is 9.60. The molecule has 1 aliphatic rings. The number of amides is 2. The lowest BCUT2D eigenvalue weighted by molar-refractivity contribution is -0.138. The number of hydrogen-bond acceptors (Lipinski definition) is 9. The molecule has 1 fully saturated rings. The van der Waals surface area contributed by atoms with Crippen LogP contribution in [0.2, 0.25) is 5.02 Å². The highest BCUT2D eigenvalue weighted by molar-refractivity contribution is 7.81. The van der Waals surface area contributed by atoms with Gasteiger partial charge in [-0.25, -0.2) is 8.78 Å². The van der Waals surface area contributed by atoms with Gasteiger partial charge in [-0.15, -0.1) is 0 Å². The topological polar surface area (TPSA) is 175 Å². The lowest BCUT2D eigenvalue weighted by Gasteiger charge is -2.37. The number of nitrogens with two attached hydrogens (primary N) is 1. The van der Waals surface area contributed by atoms with Crippen LogP contribution in [0.15, 0.2) is 24.3 Å². The summed E-state index contributed by atoms with van der Waals surface area (Å²) in [5.74, 6) is -6.87. The highest BCUT2D eigenvalue weighted by Gasteiger charge is 2.30. The van der Waals surface area contributed by atoms with E-state index in [4.69, 9.17) is 21.9 Å². The Kier molecular flexibility index (Phi) is 11.1. The van der Waals surface area contributed by atoms with Crippen molar-refractivity contribution in [3.05, 3.63) is 52.0 Å². The zero-order valence-corrected chi connectivity index (χ0v) is 23.7. The summed E-state index contributed by atoms with van der Waals surface area (Å²) >= 11 is 6.11. The number of primary amides is 1. The van der Waals surface area contributed by atoms with Crippen molar-refractivity contribution in [2.75, 3.05) is 49.5 Å². The number of benzene rings is 2. The van der Waals surface area contributed by atoms with Crippen molar-refractivity contribution in [1.82, 2.24) is 10.2 Å². The Morgan fingerprint density at radius 3 is 2.33 bits per heavy atom. The molecule has 1 unspecified atom stereocenters. The largest absolute Gasteiger partial charge is 0.446 e. The number of hydrogen-bond donors (Lipinski definition) is 5. The zero-order valence-electron chi connectivity index (χ0n) is 22.1. The fourth-order valence-electron chi connectivity index (χ4n) is 4.20. The number of carbonyl (C=O) groups is 2. The number of nitrogens with zero attached hydrogens (tertiary/aromatic N) is 2. The van der Waals surface area contributed by atoms with Crippen LogP contribution in [0.3, 0.4) is 0 Å². The third-order valence-electron chi connectivity index (χ3n) is 6.39. The van der Waals surface area contributed by atoms with Gasteiger partial charge in [0.05, 0.1) is 30.0 Å². The Balaban J connectivity index is 1.88. The van der Waals surface area contributed by atoms with E-state index in [9.17, 15) is 36.3 Å². The smallest absolute Gasteiger partial charge is 0.394 e. The molecule has 1 aliphatic heterocycles. The summed E-state index contributed by atoms with van der Waals surface area (Å²) in [5.41, 5.74) is 3.56. The van der Waals surface area contributed by atoms with Crippen LogP contribution in [0.25, 0.3) is 0 Å². The molecule has 6 N–H and O–H groups in total. The molecular weight excluding hydrogens is 633 g/mol. The predicted molar refractivity (Wildman–Crippen MR) is 144 cm³/mol. The number of rotatable bonds is 12. The number of nitrogens with one attached hydrogen (secondary N) is 2. The van der Waals surface area contributed by atoms with Gasteiger partial charge in [-0.3, -0.25) is 24.4 Å². The van der Waals surface area contributed by atoms with Gasteiger partial charge in [-0.2, -0.15) is 21.6 Å². The summed E-state index contributed by atoms with van der Waals surface area (Å²) in [6, 6.07) is 3.25. The van der Waals surface area contributed by atoms with E-state index in [-0.39, 0.29) is 43.4 Å². The van der Waals surface area contributed by atoms with Gasteiger partial charge in [0.25, 0.3) is 5.91 Å². The van der Waals surface area contributed by atoms with Gasteiger partial charge in [0.1, 0.15) is 6.04 Å². The van der Waals surface area contributed by atoms with Gasteiger partial charge in [0, 0.05) is 49.9 Å². The molecule has 0 radical (unpaired) electrons. The summed E-state index contributed by atoms with van der Waals surface area (Å²) in [6.45, 7) is -0.843. The number of anilines is 2. The van der Waals surface area contributed by atoms with Crippen molar-refractivity contribution in [3.8, 4) is 5.75 Å². The maximum absolute atomic E-state index is 15.1. The second-order valence-corrected chi connectivity index (χ2v) is 10.8. The highest BCUT2D eigenvalue weighted by Crippen LogP contribution is 2.33. The average molecular weight is 660 g/mol. The number of aliphatic hydroxyl groups is 1. The van der Waals surface area contributed by atoms with Crippen LogP contribution in [-0.2, 0) is 21.7 Å². The van der Waals surface area contributed by atoms with Crippen molar-refractivity contribution in [3.63, 3.8) is 0 Å². The fourth-order valence-corrected chi connectivity index (χ4v) is 4.74. The van der Waals surface area contributed by atoms with E-state index in [2.05, 4.69) is 14.8 Å². The van der Waals surface area contributed by atoms with Gasteiger partial charge in [0.15, 0.2) is 17.4 Å². The minimum absolute atomic E-state index is 0.0631. The zero-order chi connectivity index (χ0) is 32.1. The fraction of sp³-hybridized carbons (Fsp3) is 0.417. The first-order chi connectivity index (χ1) is 20.0. The van der Waals surface area contributed by atoms with E-state index < -0.39 is 82.5 Å². The van der Waals surface area contributed by atoms with Crippen LogP contribution in [0.1, 0.15) is 22.3 Å². The van der Waals surface area contributed by atoms with E-state index in [1.807, 2.05) is 0 Å². The van der Waals surface area contributed by atoms with Crippen LogP contribution >= 0.6 is 11.6 Å². The van der Waals surface area contributed by atoms with E-state index in [1.165, 1.54) is 18.2 Å². The number of halogens is 6. The Morgan fingerprint density at radius 1 is 1.12 bits per heavy atom. The van der Waals surface area contributed by atoms with Crippen molar-refractivity contribution >= 4 is 45.2 Å². The molecule has 0 bridgehead atoms. The first-order valence-electron chi connectivity index (χ1n) is 12.5. The maximum Gasteiger partial charge on any atom is 0.446 e. The molecule has 3 rings (SSSR count). The van der Waals surface area contributed by atoms with Crippen molar-refractivity contribution < 1.29 is 53.8 Å². The van der Waals surface area contributed by atoms with Crippen molar-refractivity contribution in [2.45, 2.75) is 25.2 Å². The molecule has 1 atom stereocenters. The summed E-state index contributed by atoms with van der Waals surface area (Å²) in [5, 5.41) is 14.1. The third-order valence-corrected chi connectivity index (χ3v) is 7.02. The molecule has 0 spiro atoms. The Morgan fingerprint density at radius 2 is 1.77 bits per heavy atom. The first-order valence-corrected chi connectivity index (χ1v) is 14.2. The molecule has 0 aliphatic carbocycles. The quantitative estimate of drug-likeness (QED) is 0.168. The van der Waals surface area contributed by atoms with Crippen LogP contribution in [0, 0.1) is 11.6 Å². The second kappa shape index (κ2) is 14.0. The number of carbonyl (C=O) groups excluding carboxylic acids is 2. The minimum atomic E-state index is -5.31. The van der Waals surface area contributed by atoms with Crippen molar-refractivity contribution in [1.29, 1.82) is 0 Å². The molecule has 43 heavy (non-hydrogen) atoms. The van der Waals surface area contributed by atoms with Crippen LogP contribution in [0.5, 0.6) is 5.75 Å². The molecule has 238 valence electrons. The molecular formula is C24H27ClF5N5O7S. The number of piperazine rings is 1. The second-order valence-electron chi connectivity index (χ2n) is 9.37. The van der Waals surface area contributed by atoms with Gasteiger partial charge >= 0.3 is 16.6 Å². The average Bonchev–Trinajstić information content (AvgIpc) is 2.91. The molecule has 2 amide bonds. The molecule has 19 heteroatoms. The summed E-state index contributed by atoms with van der Waals surface area (Å²) in [6.07, 6.45) is -5.28. The van der Waals surface area contributed by atoms with E-state index >= 15 is 8.78 Å². The van der Waals surface area contributed by atoms with E-state index in [0.29, 0.717) is 11.8 Å². The molecule has 2 aromatic carbocycles. The molecule has 1 heterocycles. The summed E-state index contributed by atoms with van der Waals surface area (Å²) < 4.78 is 104. The van der Waals surface area contributed by atoms with Crippen LogP contribution < -0.4 is 25.5 Å². The minimum Gasteiger partial charge on any atom is -0.394 e. The van der Waals surface area contributed by atoms with Gasteiger partial charge < -0.3 is 25.2 Å². The summed E-state index contributed by atoms with van der Waals surface area (Å²) in [7, 11) is -5.31. The standard InChI is InChI=1S/C24H27ClF5N5O7S/c25-13-1-2-16(18(9-13)35-7-5-34(6-8-35)4-3-24(28,29)30)33-23(38)14-10-19(42-43(39,40)41)15(21(27)20(14)26)11-32-17(12-36)22(31)37/h1-2,9-10,17,32,36H,3-8,11-12H2,(H2,31,37)(H,33,38)(H,39,40,41). The van der Waals surface area contributed by atoms with Crippen LogP contribution in [0.4, 0.5) is 33.3 Å². The lowest BCUT2D eigenvalue weighted by Crippen LogP contribution is -2.47. The monoisotopic (exact) mass is 659 g/mol. The molecule has 0 aromatic heterocycles. The first kappa shape index (κ1) is 34.2. The molecule has 12 nitrogen and oxygen atoms in total. The highest BCUT2D eigenvalue weighted by atomic mass is 35.5. The Hall–Kier alpha value is -3.29. The van der Waals surface area contributed by atoms with Gasteiger partial charge in [-0.05, 0) is 24.3 Å². The SMILES string of the molecule is NC(=O)C(CO)NCc1c(OS(=O)(=O)O)cc(C(=O)Nc2ccc(Cl)cc2N2CCN(CCC(F)(F)F)CC2)c(F)c1F. The lowest BCUT2D eigenvalue weighted by atomic mass is 10.1. The van der Waals surface area contributed by atoms with Crippen LogP contribution in [-0.4, -0.2) is 86.3 Å². The normalized spacial score (nSPS) is 15.3. The predicted octanol–water partition coefficient (Wildman–Crippen LogP) is 2.06. The number of aliphatic hydroxyl groups excluding tert-OH is 1.